The highest BCUT2D eigenvalue weighted by Gasteiger charge is 2.55. The molecule has 7 heteroatoms. The summed E-state index contributed by atoms with van der Waals surface area (Å²) in [6.07, 6.45) is 6.69. The van der Waals surface area contributed by atoms with Crippen LogP contribution >= 0.6 is 11.3 Å². The fourth-order valence-electron chi connectivity index (χ4n) is 6.57. The lowest BCUT2D eigenvalue weighted by atomic mass is 9.49. The second kappa shape index (κ2) is 9.17. The fraction of sp³-hybridized carbons (Fsp3) is 0.519. The summed E-state index contributed by atoms with van der Waals surface area (Å²) in [5.41, 5.74) is 0.318. The lowest BCUT2D eigenvalue weighted by Crippen LogP contribution is -2.57. The lowest BCUT2D eigenvalue weighted by molar-refractivity contribution is -0.151. The third-order valence-corrected chi connectivity index (χ3v) is 8.67. The quantitative estimate of drug-likeness (QED) is 0.418. The Morgan fingerprint density at radius 3 is 2.12 bits per heavy atom. The van der Waals surface area contributed by atoms with Crippen molar-refractivity contribution in [2.75, 3.05) is 5.32 Å². The Bertz CT molecular complexity index is 1030. The Morgan fingerprint density at radius 2 is 1.59 bits per heavy atom. The number of benzene rings is 1. The molecule has 2 N–H and O–H groups in total. The van der Waals surface area contributed by atoms with Crippen LogP contribution in [0.4, 0.5) is 5.69 Å². The molecular weight excluding hydrogens is 448 g/mol. The molecule has 6 nitrogen and oxygen atoms in total. The maximum atomic E-state index is 13.5. The second-order valence-corrected chi connectivity index (χ2v) is 11.7. The summed E-state index contributed by atoms with van der Waals surface area (Å²) >= 11 is 1.37. The van der Waals surface area contributed by atoms with E-state index in [1.54, 1.807) is 30.3 Å². The Balaban J connectivity index is 1.21. The van der Waals surface area contributed by atoms with Crippen molar-refractivity contribution in [2.24, 2.45) is 29.1 Å². The summed E-state index contributed by atoms with van der Waals surface area (Å²) in [4.78, 5) is 39.3. The van der Waals surface area contributed by atoms with Gasteiger partial charge in [-0.05, 0) is 97.9 Å². The van der Waals surface area contributed by atoms with E-state index in [-0.39, 0.29) is 23.1 Å². The van der Waals surface area contributed by atoms with Gasteiger partial charge in [-0.2, -0.15) is 0 Å². The molecule has 4 aliphatic rings. The van der Waals surface area contributed by atoms with Crippen LogP contribution in [0, 0.1) is 29.1 Å². The smallest absolute Gasteiger partial charge is 0.334 e. The van der Waals surface area contributed by atoms with Gasteiger partial charge in [0.05, 0.1) is 4.88 Å². The summed E-state index contributed by atoms with van der Waals surface area (Å²) in [5, 5.41) is 7.76. The molecule has 0 radical (unpaired) electrons. The van der Waals surface area contributed by atoms with Crippen molar-refractivity contribution >= 4 is 34.8 Å². The molecule has 2 amide bonds. The van der Waals surface area contributed by atoms with Gasteiger partial charge < -0.3 is 15.4 Å². The predicted molar refractivity (Wildman–Crippen MR) is 132 cm³/mol. The van der Waals surface area contributed by atoms with E-state index in [0.717, 1.165) is 19.3 Å². The molecule has 4 aliphatic carbocycles. The molecule has 1 unspecified atom stereocenters. The van der Waals surface area contributed by atoms with Crippen molar-refractivity contribution in [3.63, 3.8) is 0 Å². The first kappa shape index (κ1) is 23.1. The third-order valence-electron chi connectivity index (χ3n) is 7.80. The lowest BCUT2D eigenvalue weighted by Gasteiger charge is -2.55. The Kier molecular flexibility index (Phi) is 6.23. The number of esters is 1. The monoisotopic (exact) mass is 480 g/mol. The van der Waals surface area contributed by atoms with Gasteiger partial charge in [0, 0.05) is 11.1 Å². The molecule has 34 heavy (non-hydrogen) atoms. The van der Waals surface area contributed by atoms with E-state index < -0.39 is 12.0 Å². The summed E-state index contributed by atoms with van der Waals surface area (Å²) < 4.78 is 5.63. The number of anilines is 1. The zero-order valence-corrected chi connectivity index (χ0v) is 20.5. The van der Waals surface area contributed by atoms with Gasteiger partial charge >= 0.3 is 5.97 Å². The Labute approximate surface area is 204 Å². The standard InChI is InChI=1S/C27H32N2O4S/c1-16(2)23(29-26(32)27-13-17-10-18(14-27)12-19(11-17)15-27)25(31)33-21-7-5-20(6-8-21)28-24(30)22-4-3-9-34-22/h3-9,16-19,23H,10-15H2,1-2H3,(H,28,30)(H,29,32). The van der Waals surface area contributed by atoms with Gasteiger partial charge in [0.15, 0.2) is 0 Å². The SMILES string of the molecule is CC(C)C(NC(=O)C12CC3CC(CC(C3)C1)C2)C(=O)Oc1ccc(NC(=O)c2cccs2)cc1. The number of nitrogens with one attached hydrogen (secondary N) is 2. The minimum absolute atomic E-state index is 0.0360. The molecule has 2 aromatic rings. The summed E-state index contributed by atoms with van der Waals surface area (Å²) in [5.74, 6) is 1.70. The number of ether oxygens (including phenoxy) is 1. The van der Waals surface area contributed by atoms with Crippen molar-refractivity contribution in [3.8, 4) is 5.75 Å². The van der Waals surface area contributed by atoms with Gasteiger partial charge in [-0.3, -0.25) is 9.59 Å². The number of hydrogen-bond acceptors (Lipinski definition) is 5. The minimum Gasteiger partial charge on any atom is -0.425 e. The maximum absolute atomic E-state index is 13.5. The Morgan fingerprint density at radius 1 is 0.971 bits per heavy atom. The van der Waals surface area contributed by atoms with Crippen LogP contribution in [0.2, 0.25) is 0 Å². The summed E-state index contributed by atoms with van der Waals surface area (Å²) in [7, 11) is 0. The summed E-state index contributed by atoms with van der Waals surface area (Å²) in [6, 6.07) is 9.60. The fourth-order valence-corrected chi connectivity index (χ4v) is 7.19. The van der Waals surface area contributed by atoms with Crippen LogP contribution in [-0.2, 0) is 9.59 Å². The highest BCUT2D eigenvalue weighted by atomic mass is 32.1. The van der Waals surface area contributed by atoms with E-state index in [1.807, 2.05) is 25.3 Å². The van der Waals surface area contributed by atoms with Crippen LogP contribution in [0.15, 0.2) is 41.8 Å². The highest BCUT2D eigenvalue weighted by molar-refractivity contribution is 7.12. The molecule has 0 aliphatic heterocycles. The van der Waals surface area contributed by atoms with Crippen molar-refractivity contribution in [1.29, 1.82) is 0 Å². The zero-order chi connectivity index (χ0) is 23.9. The van der Waals surface area contributed by atoms with Gasteiger partial charge in [-0.1, -0.05) is 19.9 Å². The van der Waals surface area contributed by atoms with E-state index in [9.17, 15) is 14.4 Å². The Hall–Kier alpha value is -2.67. The van der Waals surface area contributed by atoms with Crippen LogP contribution in [0.25, 0.3) is 0 Å². The van der Waals surface area contributed by atoms with Gasteiger partial charge in [0.1, 0.15) is 11.8 Å². The van der Waals surface area contributed by atoms with Crippen LogP contribution in [0.1, 0.15) is 62.0 Å². The number of rotatable bonds is 7. The second-order valence-electron chi connectivity index (χ2n) is 10.8. The number of hydrogen-bond donors (Lipinski definition) is 2. The molecule has 0 spiro atoms. The van der Waals surface area contributed by atoms with Gasteiger partial charge in [-0.15, -0.1) is 11.3 Å². The molecule has 1 atom stereocenters. The topological polar surface area (TPSA) is 84.5 Å². The largest absolute Gasteiger partial charge is 0.425 e. The number of carbonyl (C=O) groups excluding carboxylic acids is 3. The first-order chi connectivity index (χ1) is 16.3. The first-order valence-electron chi connectivity index (χ1n) is 12.3. The van der Waals surface area contributed by atoms with Crippen LogP contribution in [0.5, 0.6) is 5.75 Å². The molecule has 4 fully saturated rings. The van der Waals surface area contributed by atoms with E-state index in [2.05, 4.69) is 10.6 Å². The van der Waals surface area contributed by atoms with Gasteiger partial charge in [-0.25, -0.2) is 4.79 Å². The maximum Gasteiger partial charge on any atom is 0.334 e. The molecule has 4 saturated carbocycles. The molecule has 0 saturated heterocycles. The van der Waals surface area contributed by atoms with Gasteiger partial charge in [0.25, 0.3) is 5.91 Å². The van der Waals surface area contributed by atoms with E-state index >= 15 is 0 Å². The van der Waals surface area contributed by atoms with Crippen LogP contribution in [-0.4, -0.2) is 23.8 Å². The molecule has 1 heterocycles. The molecule has 4 bridgehead atoms. The van der Waals surface area contributed by atoms with Crippen LogP contribution < -0.4 is 15.4 Å². The van der Waals surface area contributed by atoms with Crippen molar-refractivity contribution in [2.45, 2.75) is 58.4 Å². The normalized spacial score (nSPS) is 27.9. The molecule has 6 rings (SSSR count). The van der Waals surface area contributed by atoms with Crippen molar-refractivity contribution in [3.05, 3.63) is 46.7 Å². The van der Waals surface area contributed by atoms with Crippen molar-refractivity contribution in [1.82, 2.24) is 5.32 Å². The average molecular weight is 481 g/mol. The number of amides is 2. The molecule has 1 aromatic heterocycles. The third kappa shape index (κ3) is 4.63. The minimum atomic E-state index is -0.696. The van der Waals surface area contributed by atoms with Crippen LogP contribution in [0.3, 0.4) is 0 Å². The molecule has 1 aromatic carbocycles. The van der Waals surface area contributed by atoms with Gasteiger partial charge in [0.2, 0.25) is 5.91 Å². The van der Waals surface area contributed by atoms with E-state index in [1.165, 1.54) is 30.6 Å². The summed E-state index contributed by atoms with van der Waals surface area (Å²) in [6.45, 7) is 3.85. The zero-order valence-electron chi connectivity index (χ0n) is 19.7. The first-order valence-corrected chi connectivity index (χ1v) is 13.2. The highest BCUT2D eigenvalue weighted by Crippen LogP contribution is 2.60. The molecule has 180 valence electrons. The van der Waals surface area contributed by atoms with E-state index in [0.29, 0.717) is 34.1 Å². The van der Waals surface area contributed by atoms with E-state index in [4.69, 9.17) is 4.74 Å². The predicted octanol–water partition coefficient (Wildman–Crippen LogP) is 5.26. The number of thiophene rings is 1. The number of carbonyl (C=O) groups is 3. The average Bonchev–Trinajstić information content (AvgIpc) is 3.32. The van der Waals surface area contributed by atoms with Crippen molar-refractivity contribution < 1.29 is 19.1 Å². The molecular formula is C27H32N2O4S.